The summed E-state index contributed by atoms with van der Waals surface area (Å²) >= 11 is 0. The van der Waals surface area contributed by atoms with Crippen LogP contribution in [0.3, 0.4) is 0 Å². The third kappa shape index (κ3) is 1.93. The Balaban J connectivity index is 1.57. The van der Waals surface area contributed by atoms with Crippen molar-refractivity contribution < 1.29 is 9.90 Å². The Labute approximate surface area is 138 Å². The van der Waals surface area contributed by atoms with E-state index in [9.17, 15) is 9.90 Å². The standard InChI is InChI=1S/C20H29NO2/c1-11-6-7-15-17(21-11)8-12-10-20(15,23)16-9-18(22)13-4-2-3-5-14(13)19(12)16/h9,11-15,17,19,21,23H,2-8,10H2,1H3/t11-,12-,13+,14+,15-,17-,19?,20+/m0/s1. The number of ketones is 1. The van der Waals surface area contributed by atoms with Gasteiger partial charge in [-0.15, -0.1) is 0 Å². The van der Waals surface area contributed by atoms with E-state index in [4.69, 9.17) is 0 Å². The number of allylic oxidation sites excluding steroid dienone is 1. The number of piperidine rings is 1. The van der Waals surface area contributed by atoms with Crippen LogP contribution in [0.25, 0.3) is 0 Å². The van der Waals surface area contributed by atoms with Crippen LogP contribution in [0, 0.1) is 29.6 Å². The van der Waals surface area contributed by atoms with Crippen molar-refractivity contribution in [1.29, 1.82) is 0 Å². The minimum atomic E-state index is -0.691. The molecule has 126 valence electrons. The molecule has 5 aliphatic rings. The minimum Gasteiger partial charge on any atom is -0.385 e. The second-order valence-corrected chi connectivity index (χ2v) is 9.06. The molecule has 1 heterocycles. The van der Waals surface area contributed by atoms with Gasteiger partial charge in [0, 0.05) is 23.9 Å². The van der Waals surface area contributed by atoms with Crippen molar-refractivity contribution in [3.8, 4) is 0 Å². The molecule has 0 aromatic carbocycles. The lowest BCUT2D eigenvalue weighted by Crippen LogP contribution is -2.57. The molecular formula is C20H29NO2. The quantitative estimate of drug-likeness (QED) is 0.723. The molecule has 0 radical (unpaired) electrons. The van der Waals surface area contributed by atoms with Crippen LogP contribution < -0.4 is 5.32 Å². The van der Waals surface area contributed by atoms with E-state index >= 15 is 0 Å². The minimum absolute atomic E-state index is 0.259. The average Bonchev–Trinajstić information content (AvgIpc) is 2.76. The van der Waals surface area contributed by atoms with E-state index in [1.807, 2.05) is 6.08 Å². The van der Waals surface area contributed by atoms with Crippen LogP contribution in [-0.4, -0.2) is 28.6 Å². The second-order valence-electron chi connectivity index (χ2n) is 9.06. The van der Waals surface area contributed by atoms with Crippen LogP contribution in [0.4, 0.5) is 0 Å². The Morgan fingerprint density at radius 3 is 2.91 bits per heavy atom. The summed E-state index contributed by atoms with van der Waals surface area (Å²) in [5.41, 5.74) is 0.461. The van der Waals surface area contributed by atoms with Gasteiger partial charge in [0.05, 0.1) is 5.60 Å². The van der Waals surface area contributed by atoms with Crippen molar-refractivity contribution in [3.63, 3.8) is 0 Å². The maximum atomic E-state index is 12.7. The maximum Gasteiger partial charge on any atom is 0.159 e. The Bertz CT molecular complexity index is 570. The van der Waals surface area contributed by atoms with Gasteiger partial charge in [-0.2, -0.15) is 0 Å². The Kier molecular flexibility index (Phi) is 3.13. The van der Waals surface area contributed by atoms with Crippen LogP contribution in [0.5, 0.6) is 0 Å². The summed E-state index contributed by atoms with van der Waals surface area (Å²) in [5, 5.41) is 15.4. The fourth-order valence-corrected chi connectivity index (χ4v) is 7.11. The molecular weight excluding hydrogens is 286 g/mol. The molecule has 3 heteroatoms. The van der Waals surface area contributed by atoms with Crippen molar-refractivity contribution in [2.45, 2.75) is 76.0 Å². The number of hydrogen-bond acceptors (Lipinski definition) is 3. The van der Waals surface area contributed by atoms with Crippen LogP contribution in [0.2, 0.25) is 0 Å². The number of carbonyl (C=O) groups excluding carboxylic acids is 1. The highest BCUT2D eigenvalue weighted by molar-refractivity contribution is 5.94. The van der Waals surface area contributed by atoms with Gasteiger partial charge in [-0.3, -0.25) is 4.79 Å². The molecule has 23 heavy (non-hydrogen) atoms. The number of carbonyl (C=O) groups is 1. The van der Waals surface area contributed by atoms with Gasteiger partial charge in [-0.25, -0.2) is 0 Å². The molecule has 3 nitrogen and oxygen atoms in total. The zero-order chi connectivity index (χ0) is 15.8. The summed E-state index contributed by atoms with van der Waals surface area (Å²) in [6.45, 7) is 2.27. The zero-order valence-electron chi connectivity index (χ0n) is 14.1. The van der Waals surface area contributed by atoms with Gasteiger partial charge < -0.3 is 10.4 Å². The predicted octanol–water partition coefficient (Wildman–Crippen LogP) is 2.83. The van der Waals surface area contributed by atoms with Crippen LogP contribution in [0.1, 0.15) is 58.3 Å². The van der Waals surface area contributed by atoms with E-state index in [0.29, 0.717) is 41.5 Å². The first-order valence-corrected chi connectivity index (χ1v) is 9.82. The highest BCUT2D eigenvalue weighted by Gasteiger charge is 2.62. The lowest BCUT2D eigenvalue weighted by atomic mass is 9.63. The lowest BCUT2D eigenvalue weighted by molar-refractivity contribution is -0.122. The number of aliphatic hydroxyl groups is 1. The number of hydrogen-bond donors (Lipinski definition) is 2. The number of nitrogens with one attached hydrogen (secondary N) is 1. The molecule has 1 saturated heterocycles. The molecule has 1 aliphatic heterocycles. The number of fused-ring (bicyclic) bond motifs is 9. The molecule has 0 aromatic heterocycles. The lowest BCUT2D eigenvalue weighted by Gasteiger charge is -2.47. The zero-order valence-corrected chi connectivity index (χ0v) is 14.1. The van der Waals surface area contributed by atoms with Gasteiger partial charge in [0.25, 0.3) is 0 Å². The fraction of sp³-hybridized carbons (Fsp3) is 0.850. The van der Waals surface area contributed by atoms with Gasteiger partial charge in [0.15, 0.2) is 5.78 Å². The van der Waals surface area contributed by atoms with Gasteiger partial charge in [0.2, 0.25) is 0 Å². The normalized spacial score (nSPS) is 54.8. The predicted molar refractivity (Wildman–Crippen MR) is 88.8 cm³/mol. The summed E-state index contributed by atoms with van der Waals surface area (Å²) in [7, 11) is 0. The summed E-state index contributed by atoms with van der Waals surface area (Å²) in [4.78, 5) is 12.7. The smallest absolute Gasteiger partial charge is 0.159 e. The molecule has 5 rings (SSSR count). The van der Waals surface area contributed by atoms with E-state index in [-0.39, 0.29) is 5.92 Å². The van der Waals surface area contributed by atoms with Gasteiger partial charge >= 0.3 is 0 Å². The van der Waals surface area contributed by atoms with E-state index < -0.39 is 5.60 Å². The van der Waals surface area contributed by atoms with Crippen molar-refractivity contribution in [2.75, 3.05) is 0 Å². The fourth-order valence-electron chi connectivity index (χ4n) is 7.11. The van der Waals surface area contributed by atoms with Crippen LogP contribution >= 0.6 is 0 Å². The van der Waals surface area contributed by atoms with Crippen LogP contribution in [-0.2, 0) is 4.79 Å². The van der Waals surface area contributed by atoms with E-state index in [0.717, 1.165) is 31.3 Å². The van der Waals surface area contributed by atoms with E-state index in [1.165, 1.54) is 25.7 Å². The molecule has 4 fully saturated rings. The molecule has 2 bridgehead atoms. The largest absolute Gasteiger partial charge is 0.385 e. The summed E-state index contributed by atoms with van der Waals surface area (Å²) in [6, 6.07) is 1.02. The molecule has 8 atom stereocenters. The van der Waals surface area contributed by atoms with Crippen LogP contribution in [0.15, 0.2) is 11.6 Å². The Morgan fingerprint density at radius 1 is 1.22 bits per heavy atom. The molecule has 0 spiro atoms. The van der Waals surface area contributed by atoms with Gasteiger partial charge in [-0.05, 0) is 74.9 Å². The first-order valence-electron chi connectivity index (χ1n) is 9.82. The average molecular weight is 315 g/mol. The van der Waals surface area contributed by atoms with E-state index in [2.05, 4.69) is 12.2 Å². The molecule has 0 aromatic rings. The first kappa shape index (κ1) is 14.7. The van der Waals surface area contributed by atoms with Gasteiger partial charge in [0.1, 0.15) is 0 Å². The maximum absolute atomic E-state index is 12.7. The number of rotatable bonds is 0. The molecule has 4 aliphatic carbocycles. The van der Waals surface area contributed by atoms with Crippen molar-refractivity contribution in [2.24, 2.45) is 29.6 Å². The topological polar surface area (TPSA) is 49.3 Å². The first-order chi connectivity index (χ1) is 11.1. The Morgan fingerprint density at radius 2 is 2.04 bits per heavy atom. The monoisotopic (exact) mass is 315 g/mol. The molecule has 2 N–H and O–H groups in total. The van der Waals surface area contributed by atoms with Crippen molar-refractivity contribution in [1.82, 2.24) is 5.32 Å². The second kappa shape index (κ2) is 4.92. The van der Waals surface area contributed by atoms with E-state index in [1.54, 1.807) is 0 Å². The van der Waals surface area contributed by atoms with Crippen molar-refractivity contribution in [3.05, 3.63) is 11.6 Å². The highest BCUT2D eigenvalue weighted by Crippen LogP contribution is 2.62. The van der Waals surface area contributed by atoms with Gasteiger partial charge in [-0.1, -0.05) is 12.8 Å². The molecule has 1 unspecified atom stereocenters. The summed E-state index contributed by atoms with van der Waals surface area (Å²) < 4.78 is 0. The van der Waals surface area contributed by atoms with Crippen molar-refractivity contribution >= 4 is 5.78 Å². The molecule has 3 saturated carbocycles. The third-order valence-electron chi connectivity index (χ3n) is 7.95. The SMILES string of the molecule is C[C@H]1CC[C@H]2[C@H](C[C@H]3C[C@]2(O)C2=CC(=O)[C@@H]4CCCC[C@H]4C23)N1. The Hall–Kier alpha value is -0.670. The molecule has 0 amide bonds. The third-order valence-corrected chi connectivity index (χ3v) is 7.95. The summed E-state index contributed by atoms with van der Waals surface area (Å²) in [5.74, 6) is 2.51. The highest BCUT2D eigenvalue weighted by atomic mass is 16.3. The summed E-state index contributed by atoms with van der Waals surface area (Å²) in [6.07, 6.45) is 11.0.